The summed E-state index contributed by atoms with van der Waals surface area (Å²) in [4.78, 5) is 0. The molecule has 1 nitrogen and oxygen atoms in total. The SMILES string of the molecule is CC(C)C[C@H](N)C=CCc1ccccc1.Cl. The predicted molar refractivity (Wildman–Crippen MR) is 74.0 cm³/mol. The lowest BCUT2D eigenvalue weighted by molar-refractivity contribution is 0.546. The van der Waals surface area contributed by atoms with Crippen LogP contribution in [0.3, 0.4) is 0 Å². The van der Waals surface area contributed by atoms with Crippen LogP contribution in [0.15, 0.2) is 42.5 Å². The largest absolute Gasteiger partial charge is 0.324 e. The molecule has 1 aromatic carbocycles. The Labute approximate surface area is 105 Å². The van der Waals surface area contributed by atoms with E-state index in [2.05, 4.69) is 50.3 Å². The summed E-state index contributed by atoms with van der Waals surface area (Å²) in [5.74, 6) is 0.668. The summed E-state index contributed by atoms with van der Waals surface area (Å²) in [6.07, 6.45) is 6.33. The minimum atomic E-state index is 0. The van der Waals surface area contributed by atoms with Crippen molar-refractivity contribution in [3.05, 3.63) is 48.0 Å². The molecule has 0 radical (unpaired) electrons. The molecule has 0 aliphatic carbocycles. The van der Waals surface area contributed by atoms with Gasteiger partial charge < -0.3 is 5.73 Å². The Morgan fingerprint density at radius 1 is 1.19 bits per heavy atom. The molecule has 0 fully saturated rings. The number of allylic oxidation sites excluding steroid dienone is 1. The van der Waals surface area contributed by atoms with Crippen molar-refractivity contribution < 1.29 is 0 Å². The number of halogens is 1. The molecule has 0 spiro atoms. The maximum absolute atomic E-state index is 5.95. The van der Waals surface area contributed by atoms with Crippen molar-refractivity contribution in [3.8, 4) is 0 Å². The lowest BCUT2D eigenvalue weighted by Gasteiger charge is -2.08. The van der Waals surface area contributed by atoms with Crippen molar-refractivity contribution >= 4 is 12.4 Å². The van der Waals surface area contributed by atoms with Gasteiger partial charge in [0.25, 0.3) is 0 Å². The average molecular weight is 240 g/mol. The fourth-order valence-electron chi connectivity index (χ4n) is 1.62. The number of nitrogens with two attached hydrogens (primary N) is 1. The van der Waals surface area contributed by atoms with Crippen LogP contribution in [0.25, 0.3) is 0 Å². The quantitative estimate of drug-likeness (QED) is 0.781. The smallest absolute Gasteiger partial charge is 0.0226 e. The molecule has 0 aliphatic heterocycles. The highest BCUT2D eigenvalue weighted by molar-refractivity contribution is 5.85. The lowest BCUT2D eigenvalue weighted by atomic mass is 10.0. The van der Waals surface area contributed by atoms with E-state index in [4.69, 9.17) is 5.73 Å². The Morgan fingerprint density at radius 3 is 2.38 bits per heavy atom. The van der Waals surface area contributed by atoms with Crippen LogP contribution in [0.5, 0.6) is 0 Å². The summed E-state index contributed by atoms with van der Waals surface area (Å²) in [7, 11) is 0. The fraction of sp³-hybridized carbons (Fsp3) is 0.429. The van der Waals surface area contributed by atoms with Crippen LogP contribution in [-0.4, -0.2) is 6.04 Å². The molecular formula is C14H22ClN. The third kappa shape index (κ3) is 6.65. The maximum atomic E-state index is 5.95. The maximum Gasteiger partial charge on any atom is 0.0226 e. The van der Waals surface area contributed by atoms with Crippen LogP contribution < -0.4 is 5.73 Å². The molecule has 0 bridgehead atoms. The number of rotatable bonds is 5. The van der Waals surface area contributed by atoms with Crippen LogP contribution in [0.4, 0.5) is 0 Å². The molecule has 0 saturated heterocycles. The summed E-state index contributed by atoms with van der Waals surface area (Å²) in [6, 6.07) is 10.6. The summed E-state index contributed by atoms with van der Waals surface area (Å²) in [5, 5.41) is 0. The van der Waals surface area contributed by atoms with Crippen LogP contribution >= 0.6 is 12.4 Å². The molecule has 1 atom stereocenters. The molecule has 16 heavy (non-hydrogen) atoms. The Bertz CT molecular complexity index is 293. The molecule has 1 aromatic rings. The zero-order chi connectivity index (χ0) is 11.1. The Morgan fingerprint density at radius 2 is 1.81 bits per heavy atom. The molecular weight excluding hydrogens is 218 g/mol. The first-order chi connectivity index (χ1) is 7.18. The van der Waals surface area contributed by atoms with Crippen molar-refractivity contribution in [2.75, 3.05) is 0 Å². The van der Waals surface area contributed by atoms with Gasteiger partial charge in [-0.15, -0.1) is 12.4 Å². The molecule has 2 heteroatoms. The Hall–Kier alpha value is -0.790. The van der Waals surface area contributed by atoms with Crippen molar-refractivity contribution in [2.45, 2.75) is 32.7 Å². The van der Waals surface area contributed by atoms with E-state index in [9.17, 15) is 0 Å². The number of hydrogen-bond acceptors (Lipinski definition) is 1. The molecule has 0 saturated carbocycles. The summed E-state index contributed by atoms with van der Waals surface area (Å²) in [6.45, 7) is 4.40. The van der Waals surface area contributed by atoms with E-state index >= 15 is 0 Å². The standard InChI is InChI=1S/C14H21N.ClH/c1-12(2)11-14(15)10-6-9-13-7-4-3-5-8-13;/h3-8,10,12,14H,9,11,15H2,1-2H3;1H/t14-;/m1./s1. The Balaban J connectivity index is 0.00000225. The van der Waals surface area contributed by atoms with Crippen LogP contribution in [0.2, 0.25) is 0 Å². The summed E-state index contributed by atoms with van der Waals surface area (Å²) in [5.41, 5.74) is 7.29. The first-order valence-electron chi connectivity index (χ1n) is 5.64. The highest BCUT2D eigenvalue weighted by Crippen LogP contribution is 2.05. The van der Waals surface area contributed by atoms with Crippen molar-refractivity contribution in [3.63, 3.8) is 0 Å². The zero-order valence-electron chi connectivity index (χ0n) is 10.1. The fourth-order valence-corrected chi connectivity index (χ4v) is 1.62. The van der Waals surface area contributed by atoms with Gasteiger partial charge in [-0.2, -0.15) is 0 Å². The molecule has 0 aromatic heterocycles. The van der Waals surface area contributed by atoms with E-state index in [1.54, 1.807) is 0 Å². The third-order valence-corrected chi connectivity index (χ3v) is 2.32. The minimum Gasteiger partial charge on any atom is -0.324 e. The van der Waals surface area contributed by atoms with E-state index in [0.29, 0.717) is 5.92 Å². The van der Waals surface area contributed by atoms with Crippen LogP contribution in [0.1, 0.15) is 25.8 Å². The highest BCUT2D eigenvalue weighted by Gasteiger charge is 2.00. The molecule has 0 aliphatic rings. The molecule has 1 rings (SSSR count). The molecule has 90 valence electrons. The zero-order valence-corrected chi connectivity index (χ0v) is 10.9. The van der Waals surface area contributed by atoms with E-state index in [1.807, 2.05) is 6.07 Å². The lowest BCUT2D eigenvalue weighted by Crippen LogP contribution is -2.18. The van der Waals surface area contributed by atoms with Gasteiger partial charge in [0, 0.05) is 6.04 Å². The highest BCUT2D eigenvalue weighted by atomic mass is 35.5. The number of hydrogen-bond donors (Lipinski definition) is 1. The van der Waals surface area contributed by atoms with Crippen molar-refractivity contribution in [1.82, 2.24) is 0 Å². The predicted octanol–water partition coefficient (Wildman–Crippen LogP) is 3.58. The van der Waals surface area contributed by atoms with Gasteiger partial charge in [-0.3, -0.25) is 0 Å². The molecule has 2 N–H and O–H groups in total. The van der Waals surface area contributed by atoms with Gasteiger partial charge in [-0.1, -0.05) is 56.3 Å². The topological polar surface area (TPSA) is 26.0 Å². The normalized spacial score (nSPS) is 12.8. The molecule has 0 amide bonds. The van der Waals surface area contributed by atoms with Gasteiger partial charge in [0.15, 0.2) is 0 Å². The van der Waals surface area contributed by atoms with Gasteiger partial charge in [-0.25, -0.2) is 0 Å². The summed E-state index contributed by atoms with van der Waals surface area (Å²) < 4.78 is 0. The second kappa shape index (κ2) is 8.37. The van der Waals surface area contributed by atoms with Gasteiger partial charge in [0.05, 0.1) is 0 Å². The van der Waals surface area contributed by atoms with E-state index in [-0.39, 0.29) is 18.4 Å². The first-order valence-corrected chi connectivity index (χ1v) is 5.64. The monoisotopic (exact) mass is 239 g/mol. The summed E-state index contributed by atoms with van der Waals surface area (Å²) >= 11 is 0. The molecule has 0 unspecified atom stereocenters. The van der Waals surface area contributed by atoms with E-state index < -0.39 is 0 Å². The van der Waals surface area contributed by atoms with Gasteiger partial charge in [0.1, 0.15) is 0 Å². The Kier molecular flexibility index (Phi) is 7.96. The van der Waals surface area contributed by atoms with Gasteiger partial charge >= 0.3 is 0 Å². The van der Waals surface area contributed by atoms with Gasteiger partial charge in [0.2, 0.25) is 0 Å². The third-order valence-electron chi connectivity index (χ3n) is 2.32. The first kappa shape index (κ1) is 15.2. The van der Waals surface area contributed by atoms with Crippen molar-refractivity contribution in [1.29, 1.82) is 0 Å². The van der Waals surface area contributed by atoms with Crippen LogP contribution in [0, 0.1) is 5.92 Å². The molecule has 0 heterocycles. The minimum absolute atomic E-state index is 0. The second-order valence-electron chi connectivity index (χ2n) is 4.41. The average Bonchev–Trinajstić information content (AvgIpc) is 2.18. The van der Waals surface area contributed by atoms with E-state index in [0.717, 1.165) is 12.8 Å². The number of benzene rings is 1. The van der Waals surface area contributed by atoms with Gasteiger partial charge in [-0.05, 0) is 24.3 Å². The van der Waals surface area contributed by atoms with Crippen molar-refractivity contribution in [2.24, 2.45) is 11.7 Å². The second-order valence-corrected chi connectivity index (χ2v) is 4.41. The van der Waals surface area contributed by atoms with Crippen LogP contribution in [-0.2, 0) is 6.42 Å². The van der Waals surface area contributed by atoms with E-state index in [1.165, 1.54) is 5.56 Å².